The number of carbonyl (C=O) groups is 1. The first kappa shape index (κ1) is 19.8. The van der Waals surface area contributed by atoms with E-state index in [1.807, 2.05) is 29.9 Å². The van der Waals surface area contributed by atoms with Crippen LogP contribution in [0.3, 0.4) is 0 Å². The Balaban J connectivity index is 1.74. The van der Waals surface area contributed by atoms with Crippen LogP contribution in [-0.2, 0) is 11.2 Å². The molecular weight excluding hydrogens is 383 g/mol. The monoisotopic (exact) mass is 407 g/mol. The molecule has 2 aliphatic rings. The van der Waals surface area contributed by atoms with Crippen LogP contribution in [0.4, 0.5) is 18.9 Å². The average Bonchev–Trinajstić information content (AvgIpc) is 3.37. The number of aromatic nitrogens is 2. The Morgan fingerprint density at radius 2 is 2.03 bits per heavy atom. The molecule has 0 saturated heterocycles. The third-order valence-electron chi connectivity index (χ3n) is 5.55. The SMILES string of the molecule is CC(=O)N1c2ccc(-c3cnn(C4CC4)c3)c(OCCC(F)(F)F)c2CCC1C. The standard InChI is InChI=1S/C21H24F3N3O2/c1-13-3-6-18-19(27(13)14(2)28)8-7-17(20(18)29-10-9-21(22,23)24)15-11-25-26(12-15)16-4-5-16/h7-8,11-13,16H,3-6,9-10H2,1-2H3. The fourth-order valence-corrected chi connectivity index (χ4v) is 3.96. The van der Waals surface area contributed by atoms with Gasteiger partial charge in [-0.3, -0.25) is 9.48 Å². The molecule has 1 aromatic heterocycles. The molecule has 29 heavy (non-hydrogen) atoms. The number of ether oxygens (including phenoxy) is 1. The Morgan fingerprint density at radius 3 is 2.69 bits per heavy atom. The van der Waals surface area contributed by atoms with Crippen molar-refractivity contribution in [1.29, 1.82) is 0 Å². The van der Waals surface area contributed by atoms with E-state index in [0.717, 1.165) is 41.6 Å². The number of benzene rings is 1. The van der Waals surface area contributed by atoms with E-state index >= 15 is 0 Å². The first-order valence-corrected chi connectivity index (χ1v) is 9.94. The molecule has 1 aliphatic heterocycles. The molecule has 1 fully saturated rings. The molecule has 1 unspecified atom stereocenters. The second-order valence-corrected chi connectivity index (χ2v) is 7.87. The van der Waals surface area contributed by atoms with Crippen LogP contribution < -0.4 is 9.64 Å². The predicted molar refractivity (Wildman–Crippen MR) is 103 cm³/mol. The number of anilines is 1. The van der Waals surface area contributed by atoms with Crippen molar-refractivity contribution in [3.05, 3.63) is 30.1 Å². The largest absolute Gasteiger partial charge is 0.492 e. The maximum Gasteiger partial charge on any atom is 0.392 e. The third kappa shape index (κ3) is 4.11. The molecule has 1 aliphatic carbocycles. The lowest BCUT2D eigenvalue weighted by Gasteiger charge is -2.36. The normalized spacial score (nSPS) is 19.2. The third-order valence-corrected chi connectivity index (χ3v) is 5.55. The Labute approximate surface area is 167 Å². The molecule has 1 atom stereocenters. The van der Waals surface area contributed by atoms with Gasteiger partial charge in [0.2, 0.25) is 5.91 Å². The number of hydrogen-bond acceptors (Lipinski definition) is 3. The van der Waals surface area contributed by atoms with Crippen molar-refractivity contribution in [2.24, 2.45) is 0 Å². The van der Waals surface area contributed by atoms with Crippen LogP contribution in [0.15, 0.2) is 24.5 Å². The van der Waals surface area contributed by atoms with Crippen molar-refractivity contribution in [3.8, 4) is 16.9 Å². The topological polar surface area (TPSA) is 47.4 Å². The summed E-state index contributed by atoms with van der Waals surface area (Å²) in [4.78, 5) is 13.9. The summed E-state index contributed by atoms with van der Waals surface area (Å²) in [5.41, 5.74) is 3.04. The lowest BCUT2D eigenvalue weighted by Crippen LogP contribution is -2.40. The zero-order chi connectivity index (χ0) is 20.8. The molecule has 8 heteroatoms. The van der Waals surface area contributed by atoms with Crippen molar-refractivity contribution >= 4 is 11.6 Å². The molecule has 1 aromatic carbocycles. The number of carbonyl (C=O) groups excluding carboxylic acids is 1. The molecule has 2 heterocycles. The molecule has 0 radical (unpaired) electrons. The van der Waals surface area contributed by atoms with Crippen molar-refractivity contribution in [2.75, 3.05) is 11.5 Å². The van der Waals surface area contributed by atoms with Gasteiger partial charge in [-0.1, -0.05) is 0 Å². The van der Waals surface area contributed by atoms with Crippen LogP contribution in [0.5, 0.6) is 5.75 Å². The summed E-state index contributed by atoms with van der Waals surface area (Å²) in [6.07, 6.45) is 1.89. The van der Waals surface area contributed by atoms with Gasteiger partial charge in [-0.15, -0.1) is 0 Å². The second-order valence-electron chi connectivity index (χ2n) is 7.87. The van der Waals surface area contributed by atoms with E-state index in [9.17, 15) is 18.0 Å². The maximum atomic E-state index is 12.7. The highest BCUT2D eigenvalue weighted by atomic mass is 19.4. The number of alkyl halides is 3. The van der Waals surface area contributed by atoms with E-state index in [-0.39, 0.29) is 11.9 Å². The Hall–Kier alpha value is -2.51. The molecule has 1 saturated carbocycles. The van der Waals surface area contributed by atoms with Crippen molar-refractivity contribution in [3.63, 3.8) is 0 Å². The number of fused-ring (bicyclic) bond motifs is 1. The zero-order valence-corrected chi connectivity index (χ0v) is 16.5. The molecule has 1 amide bonds. The number of nitrogens with zero attached hydrogens (tertiary/aromatic N) is 3. The summed E-state index contributed by atoms with van der Waals surface area (Å²) in [7, 11) is 0. The number of amides is 1. The second kappa shape index (κ2) is 7.39. The Bertz CT molecular complexity index is 918. The van der Waals surface area contributed by atoms with Crippen LogP contribution in [0.1, 0.15) is 51.1 Å². The smallest absolute Gasteiger partial charge is 0.392 e. The molecule has 2 aromatic rings. The van der Waals surface area contributed by atoms with Gasteiger partial charge in [-0.25, -0.2) is 0 Å². The van der Waals surface area contributed by atoms with Crippen LogP contribution >= 0.6 is 0 Å². The fourth-order valence-electron chi connectivity index (χ4n) is 3.96. The van der Waals surface area contributed by atoms with Gasteiger partial charge in [0.25, 0.3) is 0 Å². The minimum absolute atomic E-state index is 0.0338. The minimum Gasteiger partial charge on any atom is -0.492 e. The van der Waals surface area contributed by atoms with Gasteiger partial charge in [-0.05, 0) is 44.7 Å². The molecule has 4 rings (SSSR count). The van der Waals surface area contributed by atoms with E-state index in [1.165, 1.54) is 6.92 Å². The van der Waals surface area contributed by atoms with Crippen molar-refractivity contribution < 1.29 is 22.7 Å². The quantitative estimate of drug-likeness (QED) is 0.708. The van der Waals surface area contributed by atoms with Gasteiger partial charge in [0.15, 0.2) is 0 Å². The minimum atomic E-state index is -4.29. The van der Waals surface area contributed by atoms with Gasteiger partial charge in [-0.2, -0.15) is 18.3 Å². The molecule has 156 valence electrons. The van der Waals surface area contributed by atoms with Crippen LogP contribution in [0.25, 0.3) is 11.1 Å². The van der Waals surface area contributed by atoms with E-state index < -0.39 is 19.2 Å². The van der Waals surface area contributed by atoms with Gasteiger partial charge < -0.3 is 9.64 Å². The maximum absolute atomic E-state index is 12.7. The summed E-state index contributed by atoms with van der Waals surface area (Å²) in [6, 6.07) is 4.13. The lowest BCUT2D eigenvalue weighted by molar-refractivity contribution is -0.139. The van der Waals surface area contributed by atoms with Gasteiger partial charge in [0.05, 0.1) is 31.0 Å². The summed E-state index contributed by atoms with van der Waals surface area (Å²) < 4.78 is 45.7. The van der Waals surface area contributed by atoms with Crippen molar-refractivity contribution in [2.45, 2.75) is 64.2 Å². The first-order chi connectivity index (χ1) is 13.7. The van der Waals surface area contributed by atoms with Crippen molar-refractivity contribution in [1.82, 2.24) is 9.78 Å². The lowest BCUT2D eigenvalue weighted by atomic mass is 9.92. The molecule has 0 N–H and O–H groups in total. The average molecular weight is 407 g/mol. The number of rotatable bonds is 5. The highest BCUT2D eigenvalue weighted by molar-refractivity contribution is 5.95. The van der Waals surface area contributed by atoms with E-state index in [1.54, 1.807) is 11.1 Å². The Morgan fingerprint density at radius 1 is 1.28 bits per heavy atom. The summed E-state index contributed by atoms with van der Waals surface area (Å²) in [5, 5.41) is 4.40. The summed E-state index contributed by atoms with van der Waals surface area (Å²) >= 11 is 0. The van der Waals surface area contributed by atoms with Gasteiger partial charge >= 0.3 is 6.18 Å². The molecule has 0 bridgehead atoms. The number of halogens is 3. The van der Waals surface area contributed by atoms with Crippen LogP contribution in [0, 0.1) is 0 Å². The van der Waals surface area contributed by atoms with E-state index in [0.29, 0.717) is 18.2 Å². The van der Waals surface area contributed by atoms with E-state index in [4.69, 9.17) is 4.74 Å². The summed E-state index contributed by atoms with van der Waals surface area (Å²) in [5.74, 6) is 0.342. The van der Waals surface area contributed by atoms with Gasteiger partial charge in [0.1, 0.15) is 5.75 Å². The molecule has 0 spiro atoms. The number of hydrogen-bond donors (Lipinski definition) is 0. The Kier molecular flexibility index (Phi) is 5.04. The summed E-state index contributed by atoms with van der Waals surface area (Å²) in [6.45, 7) is 3.02. The van der Waals surface area contributed by atoms with E-state index in [2.05, 4.69) is 5.10 Å². The highest BCUT2D eigenvalue weighted by Crippen LogP contribution is 2.44. The fraction of sp³-hybridized carbons (Fsp3) is 0.524. The molecular formula is C21H24F3N3O2. The first-order valence-electron chi connectivity index (χ1n) is 9.94. The molecule has 5 nitrogen and oxygen atoms in total. The zero-order valence-electron chi connectivity index (χ0n) is 16.5. The van der Waals surface area contributed by atoms with Crippen LogP contribution in [-0.4, -0.2) is 34.5 Å². The predicted octanol–water partition coefficient (Wildman–Crippen LogP) is 4.90. The highest BCUT2D eigenvalue weighted by Gasteiger charge is 2.32. The van der Waals surface area contributed by atoms with Crippen LogP contribution in [0.2, 0.25) is 0 Å². The van der Waals surface area contributed by atoms with Gasteiger partial charge in [0, 0.05) is 35.9 Å².